The standard InChI is InChI=1S/C28H25ClN4O2S2/c1-16-10-11-19(13-21(16)29)32-24(34)15-37-28-20(14-30)26(23-9-6-12-36-23)25(18(3)31-28)27(35)33-22-8-5-4-7-17(22)2/h4-13,26,31H,15H2,1-3H3,(H,32,34)(H,33,35)/t26-/m0/s1. The Labute approximate surface area is 229 Å². The highest BCUT2D eigenvalue weighted by molar-refractivity contribution is 8.03. The van der Waals surface area contributed by atoms with Gasteiger partial charge in [-0.2, -0.15) is 5.26 Å². The van der Waals surface area contributed by atoms with Gasteiger partial charge in [0, 0.05) is 32.5 Å². The van der Waals surface area contributed by atoms with Crippen molar-refractivity contribution in [2.24, 2.45) is 0 Å². The van der Waals surface area contributed by atoms with Gasteiger partial charge in [0.05, 0.1) is 28.3 Å². The molecule has 2 heterocycles. The maximum atomic E-state index is 13.5. The van der Waals surface area contributed by atoms with Crippen LogP contribution < -0.4 is 16.0 Å². The highest BCUT2D eigenvalue weighted by atomic mass is 35.5. The number of thiophene rings is 1. The number of nitriles is 1. The molecule has 1 atom stereocenters. The lowest BCUT2D eigenvalue weighted by Gasteiger charge is -2.29. The van der Waals surface area contributed by atoms with Crippen molar-refractivity contribution in [3.63, 3.8) is 0 Å². The number of thioether (sulfide) groups is 1. The van der Waals surface area contributed by atoms with Gasteiger partial charge in [-0.05, 0) is 61.5 Å². The van der Waals surface area contributed by atoms with Crippen molar-refractivity contribution < 1.29 is 9.59 Å². The van der Waals surface area contributed by atoms with E-state index in [9.17, 15) is 14.9 Å². The Balaban J connectivity index is 1.58. The first-order chi connectivity index (χ1) is 17.8. The number of nitrogens with zero attached hydrogens (tertiary/aromatic N) is 1. The monoisotopic (exact) mass is 548 g/mol. The molecule has 9 heteroatoms. The number of nitrogens with one attached hydrogen (secondary N) is 3. The van der Waals surface area contributed by atoms with Crippen molar-refractivity contribution in [1.29, 1.82) is 5.26 Å². The molecule has 37 heavy (non-hydrogen) atoms. The highest BCUT2D eigenvalue weighted by Gasteiger charge is 2.35. The lowest BCUT2D eigenvalue weighted by Crippen LogP contribution is -2.31. The lowest BCUT2D eigenvalue weighted by molar-refractivity contribution is -0.114. The third kappa shape index (κ3) is 6.08. The third-order valence-electron chi connectivity index (χ3n) is 5.92. The number of allylic oxidation sites excluding steroid dienone is 2. The number of amides is 2. The molecule has 0 aliphatic carbocycles. The molecule has 0 radical (unpaired) electrons. The molecule has 3 N–H and O–H groups in total. The van der Waals surface area contributed by atoms with Crippen LogP contribution in [0.4, 0.5) is 11.4 Å². The molecule has 0 saturated heterocycles. The predicted octanol–water partition coefficient (Wildman–Crippen LogP) is 6.72. The highest BCUT2D eigenvalue weighted by Crippen LogP contribution is 2.42. The molecule has 188 valence electrons. The number of rotatable bonds is 7. The van der Waals surface area contributed by atoms with Crippen LogP contribution >= 0.6 is 34.7 Å². The van der Waals surface area contributed by atoms with Crippen LogP contribution in [0.1, 0.15) is 28.8 Å². The van der Waals surface area contributed by atoms with E-state index >= 15 is 0 Å². The Bertz CT molecular complexity index is 1460. The topological polar surface area (TPSA) is 94.0 Å². The molecule has 0 saturated carbocycles. The van der Waals surface area contributed by atoms with E-state index in [2.05, 4.69) is 22.0 Å². The summed E-state index contributed by atoms with van der Waals surface area (Å²) < 4.78 is 0. The van der Waals surface area contributed by atoms with Gasteiger partial charge in [0.1, 0.15) is 0 Å². The first-order valence-corrected chi connectivity index (χ1v) is 13.7. The zero-order valence-electron chi connectivity index (χ0n) is 20.5. The van der Waals surface area contributed by atoms with E-state index in [1.807, 2.05) is 68.6 Å². The number of hydrogen-bond donors (Lipinski definition) is 3. The van der Waals surface area contributed by atoms with Crippen LogP contribution in [0.3, 0.4) is 0 Å². The maximum Gasteiger partial charge on any atom is 0.254 e. The molecule has 3 aromatic rings. The minimum absolute atomic E-state index is 0.0776. The quantitative estimate of drug-likeness (QED) is 0.304. The average molecular weight is 549 g/mol. The van der Waals surface area contributed by atoms with Gasteiger partial charge in [0.15, 0.2) is 0 Å². The summed E-state index contributed by atoms with van der Waals surface area (Å²) in [6.45, 7) is 5.64. The molecule has 2 amide bonds. The molecule has 0 fully saturated rings. The summed E-state index contributed by atoms with van der Waals surface area (Å²) >= 11 is 8.88. The fourth-order valence-electron chi connectivity index (χ4n) is 3.98. The second-order valence-electron chi connectivity index (χ2n) is 8.54. The van der Waals surface area contributed by atoms with Crippen molar-refractivity contribution in [3.05, 3.63) is 103 Å². The minimum Gasteiger partial charge on any atom is -0.353 e. The second kappa shape index (κ2) is 11.7. The minimum atomic E-state index is -0.545. The Kier molecular flexibility index (Phi) is 8.39. The van der Waals surface area contributed by atoms with Crippen molar-refractivity contribution in [3.8, 4) is 6.07 Å². The number of hydrogen-bond acceptors (Lipinski definition) is 6. The summed E-state index contributed by atoms with van der Waals surface area (Å²) in [5.74, 6) is -0.970. The molecule has 4 rings (SSSR count). The van der Waals surface area contributed by atoms with E-state index < -0.39 is 5.92 Å². The van der Waals surface area contributed by atoms with Crippen LogP contribution in [0.5, 0.6) is 0 Å². The second-order valence-corrected chi connectivity index (χ2v) is 10.9. The summed E-state index contributed by atoms with van der Waals surface area (Å²) in [7, 11) is 0. The van der Waals surface area contributed by atoms with Gasteiger partial charge in [0.25, 0.3) is 5.91 Å². The van der Waals surface area contributed by atoms with Crippen LogP contribution in [0, 0.1) is 25.2 Å². The summed E-state index contributed by atoms with van der Waals surface area (Å²) in [5, 5.41) is 22.3. The molecule has 1 aromatic heterocycles. The predicted molar refractivity (Wildman–Crippen MR) is 153 cm³/mol. The molecule has 0 unspecified atom stereocenters. The first-order valence-electron chi connectivity index (χ1n) is 11.5. The number of halogens is 1. The number of aryl methyl sites for hydroxylation is 2. The first kappa shape index (κ1) is 26.6. The van der Waals surface area contributed by atoms with Crippen LogP contribution in [-0.4, -0.2) is 17.6 Å². The van der Waals surface area contributed by atoms with Crippen LogP contribution in [0.15, 0.2) is 81.8 Å². The normalized spacial score (nSPS) is 15.2. The van der Waals surface area contributed by atoms with Crippen molar-refractivity contribution in [2.75, 3.05) is 16.4 Å². The van der Waals surface area contributed by atoms with E-state index in [-0.39, 0.29) is 17.6 Å². The largest absolute Gasteiger partial charge is 0.353 e. The van der Waals surface area contributed by atoms with Crippen molar-refractivity contribution in [2.45, 2.75) is 26.7 Å². The summed E-state index contributed by atoms with van der Waals surface area (Å²) in [4.78, 5) is 27.0. The van der Waals surface area contributed by atoms with E-state index in [1.165, 1.54) is 23.1 Å². The molecular weight excluding hydrogens is 524 g/mol. The van der Waals surface area contributed by atoms with E-state index in [0.29, 0.717) is 38.3 Å². The number of benzene rings is 2. The van der Waals surface area contributed by atoms with Crippen LogP contribution in [-0.2, 0) is 9.59 Å². The Morgan fingerprint density at radius 1 is 1.08 bits per heavy atom. The number of anilines is 2. The third-order valence-corrected chi connectivity index (χ3v) is 8.28. The molecule has 1 aliphatic heterocycles. The van der Waals surface area contributed by atoms with Gasteiger partial charge in [0.2, 0.25) is 5.91 Å². The zero-order chi connectivity index (χ0) is 26.5. The van der Waals surface area contributed by atoms with Gasteiger partial charge in [-0.15, -0.1) is 11.3 Å². The summed E-state index contributed by atoms with van der Waals surface area (Å²) in [6.07, 6.45) is 0. The van der Waals surface area contributed by atoms with Gasteiger partial charge in [-0.25, -0.2) is 0 Å². The molecule has 2 aromatic carbocycles. The Morgan fingerprint density at radius 2 is 1.86 bits per heavy atom. The van der Waals surface area contributed by atoms with Gasteiger partial charge in [-0.1, -0.05) is 53.7 Å². The smallest absolute Gasteiger partial charge is 0.254 e. The van der Waals surface area contributed by atoms with Crippen LogP contribution in [0.2, 0.25) is 5.02 Å². The van der Waals surface area contributed by atoms with E-state index in [4.69, 9.17) is 11.6 Å². The molecule has 1 aliphatic rings. The van der Waals surface area contributed by atoms with Crippen molar-refractivity contribution >= 4 is 57.9 Å². The van der Waals surface area contributed by atoms with Gasteiger partial charge >= 0.3 is 0 Å². The molecular formula is C28H25ClN4O2S2. The van der Waals surface area contributed by atoms with E-state index in [1.54, 1.807) is 12.1 Å². The van der Waals surface area contributed by atoms with Crippen LogP contribution in [0.25, 0.3) is 0 Å². The number of carbonyl (C=O) groups excluding carboxylic acids is 2. The maximum absolute atomic E-state index is 13.5. The van der Waals surface area contributed by atoms with Crippen molar-refractivity contribution in [1.82, 2.24) is 5.32 Å². The SMILES string of the molecule is CC1=C(C(=O)Nc2ccccc2C)[C@H](c2cccs2)C(C#N)=C(SCC(=O)Nc2ccc(C)c(Cl)c2)N1. The molecule has 0 bridgehead atoms. The lowest BCUT2D eigenvalue weighted by atomic mass is 9.86. The average Bonchev–Trinajstić information content (AvgIpc) is 3.40. The summed E-state index contributed by atoms with van der Waals surface area (Å²) in [6, 6.07) is 19.0. The molecule has 6 nitrogen and oxygen atoms in total. The summed E-state index contributed by atoms with van der Waals surface area (Å²) in [5.41, 5.74) is 4.71. The van der Waals surface area contributed by atoms with Gasteiger partial charge < -0.3 is 16.0 Å². The Morgan fingerprint density at radius 3 is 2.54 bits per heavy atom. The number of carbonyl (C=O) groups is 2. The van der Waals surface area contributed by atoms with E-state index in [0.717, 1.165) is 16.0 Å². The van der Waals surface area contributed by atoms with Gasteiger partial charge in [-0.3, -0.25) is 9.59 Å². The zero-order valence-corrected chi connectivity index (χ0v) is 22.9. The number of para-hydroxylation sites is 1. The number of dihydropyridines is 1. The fraction of sp³-hybridized carbons (Fsp3) is 0.179. The fourth-order valence-corrected chi connectivity index (χ4v) is 5.89. The Hall–Kier alpha value is -3.51. The molecule has 0 spiro atoms.